The number of aryl methyl sites for hydroxylation is 1. The maximum atomic E-state index is 5.68. The third kappa shape index (κ3) is 6.02. The zero-order chi connectivity index (χ0) is 18.7. The Labute approximate surface area is 160 Å². The van der Waals surface area contributed by atoms with Gasteiger partial charge in [0.05, 0.1) is 17.6 Å². The standard InChI is InChI=1S/C21H27N5O/c1-22-21(24-15-8-16-27-17-9-3-2-4-10-17)23-14-7-13-20-25-18-11-5-6-12-19(18)26-20/h2-6,9-12H,7-8,13-16H2,1H3,(H,25,26)(H2,22,23,24). The maximum absolute atomic E-state index is 5.68. The molecule has 6 heteroatoms. The van der Waals surface area contributed by atoms with Gasteiger partial charge < -0.3 is 20.4 Å². The SMILES string of the molecule is CN=C(NCCCOc1ccccc1)NCCCc1nc2ccccc2[nH]1. The molecule has 3 aromatic rings. The van der Waals surface area contributed by atoms with Crippen molar-refractivity contribution in [1.29, 1.82) is 0 Å². The third-order valence-electron chi connectivity index (χ3n) is 4.17. The second-order valence-electron chi connectivity index (χ2n) is 6.25. The molecule has 0 aliphatic heterocycles. The molecule has 27 heavy (non-hydrogen) atoms. The molecule has 6 nitrogen and oxygen atoms in total. The zero-order valence-electron chi connectivity index (χ0n) is 15.7. The molecule has 0 spiro atoms. The Hall–Kier alpha value is -3.02. The van der Waals surface area contributed by atoms with E-state index in [0.717, 1.165) is 60.9 Å². The monoisotopic (exact) mass is 365 g/mol. The molecule has 2 aromatic carbocycles. The van der Waals surface area contributed by atoms with Crippen LogP contribution in [0.25, 0.3) is 11.0 Å². The number of benzene rings is 2. The van der Waals surface area contributed by atoms with Crippen molar-refractivity contribution in [2.75, 3.05) is 26.7 Å². The summed E-state index contributed by atoms with van der Waals surface area (Å²) in [5.74, 6) is 2.75. The molecule has 0 radical (unpaired) electrons. The lowest BCUT2D eigenvalue weighted by molar-refractivity contribution is 0.311. The predicted molar refractivity (Wildman–Crippen MR) is 110 cm³/mol. The summed E-state index contributed by atoms with van der Waals surface area (Å²) in [5, 5.41) is 6.65. The minimum absolute atomic E-state index is 0.681. The number of imidazole rings is 1. The summed E-state index contributed by atoms with van der Waals surface area (Å²) >= 11 is 0. The fourth-order valence-corrected chi connectivity index (χ4v) is 2.79. The van der Waals surface area contributed by atoms with Gasteiger partial charge in [0.25, 0.3) is 0 Å². The van der Waals surface area contributed by atoms with Gasteiger partial charge in [-0.05, 0) is 37.1 Å². The van der Waals surface area contributed by atoms with E-state index in [9.17, 15) is 0 Å². The Kier molecular flexibility index (Phi) is 7.09. The number of para-hydroxylation sites is 3. The Morgan fingerprint density at radius 2 is 1.74 bits per heavy atom. The molecular weight excluding hydrogens is 338 g/mol. The van der Waals surface area contributed by atoms with Gasteiger partial charge in [-0.3, -0.25) is 4.99 Å². The van der Waals surface area contributed by atoms with Crippen LogP contribution in [0.15, 0.2) is 59.6 Å². The summed E-state index contributed by atoms with van der Waals surface area (Å²) in [6.07, 6.45) is 2.80. The molecule has 0 saturated carbocycles. The molecule has 3 rings (SSSR count). The highest BCUT2D eigenvalue weighted by molar-refractivity contribution is 5.79. The van der Waals surface area contributed by atoms with Crippen LogP contribution in [0.2, 0.25) is 0 Å². The number of aromatic amines is 1. The van der Waals surface area contributed by atoms with E-state index in [1.807, 2.05) is 48.5 Å². The second-order valence-corrected chi connectivity index (χ2v) is 6.25. The van der Waals surface area contributed by atoms with Crippen molar-refractivity contribution in [3.63, 3.8) is 0 Å². The number of hydrogen-bond donors (Lipinski definition) is 3. The molecule has 142 valence electrons. The first-order chi connectivity index (χ1) is 13.3. The number of hydrogen-bond acceptors (Lipinski definition) is 3. The molecule has 0 fully saturated rings. The lowest BCUT2D eigenvalue weighted by Gasteiger charge is -2.12. The topological polar surface area (TPSA) is 74.3 Å². The summed E-state index contributed by atoms with van der Waals surface area (Å²) in [4.78, 5) is 12.2. The Morgan fingerprint density at radius 1 is 1.00 bits per heavy atom. The van der Waals surface area contributed by atoms with Crippen LogP contribution >= 0.6 is 0 Å². The quantitative estimate of drug-likeness (QED) is 0.309. The number of aliphatic imine (C=N–C) groups is 1. The Bertz CT molecular complexity index is 811. The molecule has 1 heterocycles. The van der Waals surface area contributed by atoms with Gasteiger partial charge in [0.15, 0.2) is 5.96 Å². The van der Waals surface area contributed by atoms with Gasteiger partial charge in [-0.1, -0.05) is 30.3 Å². The lowest BCUT2D eigenvalue weighted by Crippen LogP contribution is -2.38. The molecule has 0 bridgehead atoms. The van der Waals surface area contributed by atoms with Crippen molar-refractivity contribution in [3.8, 4) is 5.75 Å². The van der Waals surface area contributed by atoms with Gasteiger partial charge in [0, 0.05) is 26.6 Å². The average molecular weight is 365 g/mol. The highest BCUT2D eigenvalue weighted by Gasteiger charge is 2.02. The highest BCUT2D eigenvalue weighted by Crippen LogP contribution is 2.11. The molecule has 0 saturated heterocycles. The molecule has 0 aliphatic carbocycles. The number of nitrogens with one attached hydrogen (secondary N) is 3. The zero-order valence-corrected chi connectivity index (χ0v) is 15.7. The molecular formula is C21H27N5O. The first kappa shape index (κ1) is 18.8. The predicted octanol–water partition coefficient (Wildman–Crippen LogP) is 3.13. The molecule has 3 N–H and O–H groups in total. The van der Waals surface area contributed by atoms with E-state index in [1.54, 1.807) is 7.05 Å². The number of aromatic nitrogens is 2. The second kappa shape index (κ2) is 10.2. The number of nitrogens with zero attached hydrogens (tertiary/aromatic N) is 2. The normalized spacial score (nSPS) is 11.5. The van der Waals surface area contributed by atoms with Crippen LogP contribution in [0.3, 0.4) is 0 Å². The van der Waals surface area contributed by atoms with Crippen LogP contribution in [0, 0.1) is 0 Å². The van der Waals surface area contributed by atoms with Gasteiger partial charge in [-0.2, -0.15) is 0 Å². The minimum Gasteiger partial charge on any atom is -0.494 e. The van der Waals surface area contributed by atoms with Crippen LogP contribution in [0.1, 0.15) is 18.7 Å². The smallest absolute Gasteiger partial charge is 0.190 e. The first-order valence-electron chi connectivity index (χ1n) is 9.41. The molecule has 0 aliphatic rings. The fraction of sp³-hybridized carbons (Fsp3) is 0.333. The average Bonchev–Trinajstić information content (AvgIpc) is 3.13. The third-order valence-corrected chi connectivity index (χ3v) is 4.17. The van der Waals surface area contributed by atoms with E-state index in [2.05, 4.69) is 31.7 Å². The van der Waals surface area contributed by atoms with Gasteiger partial charge in [0.1, 0.15) is 11.6 Å². The molecule has 0 amide bonds. The van der Waals surface area contributed by atoms with Gasteiger partial charge >= 0.3 is 0 Å². The number of H-pyrrole nitrogens is 1. The van der Waals surface area contributed by atoms with E-state index < -0.39 is 0 Å². The van der Waals surface area contributed by atoms with Crippen LogP contribution in [0.4, 0.5) is 0 Å². The summed E-state index contributed by atoms with van der Waals surface area (Å²) < 4.78 is 5.68. The van der Waals surface area contributed by atoms with Crippen molar-refractivity contribution in [1.82, 2.24) is 20.6 Å². The van der Waals surface area contributed by atoms with E-state index in [0.29, 0.717) is 6.61 Å². The van der Waals surface area contributed by atoms with E-state index >= 15 is 0 Å². The van der Waals surface area contributed by atoms with E-state index in [-0.39, 0.29) is 0 Å². The van der Waals surface area contributed by atoms with Gasteiger partial charge in [-0.25, -0.2) is 4.98 Å². The van der Waals surface area contributed by atoms with Crippen LogP contribution in [0.5, 0.6) is 5.75 Å². The summed E-state index contributed by atoms with van der Waals surface area (Å²) in [5.41, 5.74) is 2.12. The van der Waals surface area contributed by atoms with Crippen LogP contribution < -0.4 is 15.4 Å². The van der Waals surface area contributed by atoms with E-state index in [4.69, 9.17) is 4.74 Å². The summed E-state index contributed by atoms with van der Waals surface area (Å²) in [6, 6.07) is 18.0. The Balaban J connectivity index is 1.28. The number of rotatable bonds is 9. The fourth-order valence-electron chi connectivity index (χ4n) is 2.79. The highest BCUT2D eigenvalue weighted by atomic mass is 16.5. The van der Waals surface area contributed by atoms with E-state index in [1.165, 1.54) is 0 Å². The number of fused-ring (bicyclic) bond motifs is 1. The van der Waals surface area contributed by atoms with Crippen molar-refractivity contribution in [3.05, 3.63) is 60.4 Å². The van der Waals surface area contributed by atoms with Gasteiger partial charge in [0.2, 0.25) is 0 Å². The van der Waals surface area contributed by atoms with Crippen molar-refractivity contribution >= 4 is 17.0 Å². The van der Waals surface area contributed by atoms with Crippen molar-refractivity contribution in [2.24, 2.45) is 4.99 Å². The Morgan fingerprint density at radius 3 is 2.52 bits per heavy atom. The molecule has 1 aromatic heterocycles. The number of ether oxygens (including phenoxy) is 1. The molecule has 0 atom stereocenters. The maximum Gasteiger partial charge on any atom is 0.190 e. The summed E-state index contributed by atoms with van der Waals surface area (Å²) in [7, 11) is 1.79. The largest absolute Gasteiger partial charge is 0.494 e. The van der Waals surface area contributed by atoms with Crippen molar-refractivity contribution < 1.29 is 4.74 Å². The van der Waals surface area contributed by atoms with Crippen molar-refractivity contribution in [2.45, 2.75) is 19.3 Å². The molecule has 0 unspecified atom stereocenters. The first-order valence-corrected chi connectivity index (χ1v) is 9.41. The lowest BCUT2D eigenvalue weighted by atomic mass is 10.3. The van der Waals surface area contributed by atoms with Crippen LogP contribution in [-0.2, 0) is 6.42 Å². The van der Waals surface area contributed by atoms with Gasteiger partial charge in [-0.15, -0.1) is 0 Å². The summed E-state index contributed by atoms with van der Waals surface area (Å²) in [6.45, 7) is 2.34. The number of guanidine groups is 1. The van der Waals surface area contributed by atoms with Crippen LogP contribution in [-0.4, -0.2) is 42.7 Å². The minimum atomic E-state index is 0.681.